The maximum absolute atomic E-state index is 12.0. The molecule has 0 fully saturated rings. The molecule has 0 bridgehead atoms. The van der Waals surface area contributed by atoms with Crippen molar-refractivity contribution >= 4 is 0 Å². The lowest BCUT2D eigenvalue weighted by Gasteiger charge is -2.39. The molecule has 0 spiro atoms. The largest absolute Gasteiger partial charge is 0.502 e. The molecular weight excluding hydrogens is 679 g/mol. The fourth-order valence-electron chi connectivity index (χ4n) is 9.00. The molecule has 0 amide bonds. The van der Waals surface area contributed by atoms with Gasteiger partial charge >= 0.3 is 0 Å². The van der Waals surface area contributed by atoms with Gasteiger partial charge in [-0.1, -0.05) is 41.5 Å². The molecule has 3 unspecified atom stereocenters. The number of hydrogen-bond donors (Lipinski definition) is 1. The van der Waals surface area contributed by atoms with Gasteiger partial charge in [-0.15, -0.1) is 0 Å². The molecule has 296 valence electrons. The van der Waals surface area contributed by atoms with E-state index in [4.69, 9.17) is 23.7 Å². The summed E-state index contributed by atoms with van der Waals surface area (Å²) in [5, 5.41) is 12.0. The van der Waals surface area contributed by atoms with E-state index < -0.39 is 0 Å². The van der Waals surface area contributed by atoms with E-state index in [1.165, 1.54) is 16.7 Å². The first-order valence-corrected chi connectivity index (χ1v) is 20.1. The number of ether oxygens (including phenoxy) is 5. The van der Waals surface area contributed by atoms with E-state index in [1.54, 1.807) is 21.3 Å². The van der Waals surface area contributed by atoms with Crippen LogP contribution >= 0.6 is 0 Å². The van der Waals surface area contributed by atoms with Gasteiger partial charge in [0.15, 0.2) is 34.5 Å². The lowest BCUT2D eigenvalue weighted by Crippen LogP contribution is -2.34. The number of benzene rings is 3. The monoisotopic (exact) mass is 743 g/mol. The highest BCUT2D eigenvalue weighted by Crippen LogP contribution is 2.57. The Balaban J connectivity index is 1.62. The average molecular weight is 744 g/mol. The summed E-state index contributed by atoms with van der Waals surface area (Å²) < 4.78 is 32.6. The Hall–Kier alpha value is -3.66. The molecule has 54 heavy (non-hydrogen) atoms. The first-order chi connectivity index (χ1) is 25.8. The maximum atomic E-state index is 12.0. The average Bonchev–Trinajstić information content (AvgIpc) is 3.12. The highest BCUT2D eigenvalue weighted by atomic mass is 16.6. The van der Waals surface area contributed by atoms with E-state index in [9.17, 15) is 5.11 Å². The van der Waals surface area contributed by atoms with Crippen molar-refractivity contribution in [2.75, 3.05) is 62.1 Å². The minimum atomic E-state index is -0.0206. The SMILES string of the molecule is COc1cc2c(cc1Oc1c(Oc3c(O)c(OC)cc4c3C(CC(C)C)N(C)CC4)c(OC)cc3c1C(CC(C)C)N(C)CC3)C(CC(C)C)N(C)CC2. The number of nitrogens with zero attached hydrogens (tertiary/aromatic N) is 3. The summed E-state index contributed by atoms with van der Waals surface area (Å²) in [6.45, 7) is 16.4. The molecule has 6 rings (SSSR count). The van der Waals surface area contributed by atoms with Crippen LogP contribution in [0.2, 0.25) is 0 Å². The fraction of sp³-hybridized carbons (Fsp3) is 0.600. The lowest BCUT2D eigenvalue weighted by atomic mass is 9.86. The molecular formula is C45H65N3O6. The smallest absolute Gasteiger partial charge is 0.212 e. The summed E-state index contributed by atoms with van der Waals surface area (Å²) in [7, 11) is 11.6. The van der Waals surface area contributed by atoms with Gasteiger partial charge in [-0.3, -0.25) is 14.7 Å². The second kappa shape index (κ2) is 16.6. The number of aromatic hydroxyl groups is 1. The molecule has 3 atom stereocenters. The molecule has 0 saturated heterocycles. The molecule has 9 heteroatoms. The number of rotatable bonds is 13. The van der Waals surface area contributed by atoms with E-state index in [2.05, 4.69) is 95.6 Å². The zero-order valence-corrected chi connectivity index (χ0v) is 35.0. The highest BCUT2D eigenvalue weighted by molar-refractivity contribution is 5.67. The van der Waals surface area contributed by atoms with E-state index in [0.29, 0.717) is 58.0 Å². The molecule has 1 N–H and O–H groups in total. The van der Waals surface area contributed by atoms with Gasteiger partial charge in [0.05, 0.1) is 21.3 Å². The Kier molecular flexibility index (Phi) is 12.3. The number of methoxy groups -OCH3 is 3. The van der Waals surface area contributed by atoms with Gasteiger partial charge < -0.3 is 28.8 Å². The van der Waals surface area contributed by atoms with Crippen molar-refractivity contribution in [2.45, 2.75) is 98.2 Å². The fourth-order valence-corrected chi connectivity index (χ4v) is 9.00. The quantitative estimate of drug-likeness (QED) is 0.184. The summed E-state index contributed by atoms with van der Waals surface area (Å²) in [6.07, 6.45) is 5.51. The third-order valence-electron chi connectivity index (χ3n) is 11.9. The van der Waals surface area contributed by atoms with Crippen LogP contribution in [0.4, 0.5) is 0 Å². The van der Waals surface area contributed by atoms with Crippen molar-refractivity contribution in [1.82, 2.24) is 14.7 Å². The zero-order valence-electron chi connectivity index (χ0n) is 35.0. The van der Waals surface area contributed by atoms with Gasteiger partial charge in [0.2, 0.25) is 11.5 Å². The Morgan fingerprint density at radius 1 is 0.537 bits per heavy atom. The van der Waals surface area contributed by atoms with Crippen molar-refractivity contribution in [1.29, 1.82) is 0 Å². The molecule has 3 aromatic rings. The van der Waals surface area contributed by atoms with Crippen molar-refractivity contribution < 1.29 is 28.8 Å². The normalized spacial score (nSPS) is 20.5. The second-order valence-electron chi connectivity index (χ2n) is 17.2. The highest BCUT2D eigenvalue weighted by Gasteiger charge is 2.38. The predicted molar refractivity (Wildman–Crippen MR) is 216 cm³/mol. The first-order valence-electron chi connectivity index (χ1n) is 20.1. The van der Waals surface area contributed by atoms with Crippen LogP contribution < -0.4 is 23.7 Å². The van der Waals surface area contributed by atoms with Crippen LogP contribution in [0.3, 0.4) is 0 Å². The number of likely N-dealkylation sites (N-methyl/N-ethyl adjacent to an activating group) is 3. The summed E-state index contributed by atoms with van der Waals surface area (Å²) in [5.41, 5.74) is 6.97. The van der Waals surface area contributed by atoms with Crippen LogP contribution in [-0.2, 0) is 19.3 Å². The van der Waals surface area contributed by atoms with Crippen molar-refractivity contribution in [2.24, 2.45) is 17.8 Å². The topological polar surface area (TPSA) is 76.1 Å². The summed E-state index contributed by atoms with van der Waals surface area (Å²) in [4.78, 5) is 7.27. The van der Waals surface area contributed by atoms with E-state index in [1.807, 2.05) is 6.07 Å². The third-order valence-corrected chi connectivity index (χ3v) is 11.9. The number of phenolic OH excluding ortho intramolecular Hbond substituents is 1. The molecule has 3 aliphatic rings. The third kappa shape index (κ3) is 7.87. The molecule has 3 aliphatic heterocycles. The van der Waals surface area contributed by atoms with Crippen LogP contribution in [-0.4, -0.2) is 81.9 Å². The Labute approximate surface area is 324 Å². The molecule has 0 radical (unpaired) electrons. The van der Waals surface area contributed by atoms with Crippen LogP contribution in [0, 0.1) is 17.8 Å². The zero-order chi connectivity index (χ0) is 39.0. The standard InChI is InChI=1S/C45H65N3O6/c1-26(2)19-33-32-25-37(36(50-10)22-29(32)13-16-46(33)7)53-45-41-31(15-18-48(9)35(41)21-28(5)6)24-39(52-12)43(45)54-44-40-30(23-38(51-11)42(44)49)14-17-47(8)34(40)20-27(3)4/h22-28,33-35,49H,13-21H2,1-12H3. The molecule has 9 nitrogen and oxygen atoms in total. The number of phenols is 1. The van der Waals surface area contributed by atoms with Gasteiger partial charge in [-0.05, 0) is 124 Å². The molecule has 3 heterocycles. The Morgan fingerprint density at radius 2 is 0.981 bits per heavy atom. The van der Waals surface area contributed by atoms with Crippen molar-refractivity contribution in [3.63, 3.8) is 0 Å². The summed E-state index contributed by atoms with van der Waals surface area (Å²) in [5.74, 6) is 5.11. The van der Waals surface area contributed by atoms with E-state index in [-0.39, 0.29) is 23.9 Å². The van der Waals surface area contributed by atoms with Crippen molar-refractivity contribution in [3.8, 4) is 46.0 Å². The van der Waals surface area contributed by atoms with Gasteiger partial charge in [0.25, 0.3) is 0 Å². The number of hydrogen-bond acceptors (Lipinski definition) is 9. The van der Waals surface area contributed by atoms with Crippen molar-refractivity contribution in [3.05, 3.63) is 57.6 Å². The van der Waals surface area contributed by atoms with Crippen LogP contribution in [0.15, 0.2) is 24.3 Å². The van der Waals surface area contributed by atoms with Gasteiger partial charge in [-0.25, -0.2) is 0 Å². The minimum absolute atomic E-state index is 0.0206. The van der Waals surface area contributed by atoms with Crippen LogP contribution in [0.5, 0.6) is 46.0 Å². The van der Waals surface area contributed by atoms with Gasteiger partial charge in [-0.2, -0.15) is 0 Å². The Bertz CT molecular complexity index is 1810. The van der Waals surface area contributed by atoms with Crippen LogP contribution in [0.1, 0.15) is 112 Å². The Morgan fingerprint density at radius 3 is 1.50 bits per heavy atom. The first kappa shape index (κ1) is 40.0. The van der Waals surface area contributed by atoms with E-state index >= 15 is 0 Å². The molecule has 0 aliphatic carbocycles. The summed E-state index contributed by atoms with van der Waals surface area (Å²) >= 11 is 0. The van der Waals surface area contributed by atoms with E-state index in [0.717, 1.165) is 74.8 Å². The van der Waals surface area contributed by atoms with Gasteiger partial charge in [0, 0.05) is 48.9 Å². The van der Waals surface area contributed by atoms with Gasteiger partial charge in [0.1, 0.15) is 0 Å². The number of fused-ring (bicyclic) bond motifs is 3. The summed E-state index contributed by atoms with van der Waals surface area (Å²) in [6, 6.07) is 8.87. The predicted octanol–water partition coefficient (Wildman–Crippen LogP) is 9.73. The second-order valence-corrected chi connectivity index (χ2v) is 17.2. The minimum Gasteiger partial charge on any atom is -0.502 e. The molecule has 0 aromatic heterocycles. The molecule has 0 saturated carbocycles. The lowest BCUT2D eigenvalue weighted by molar-refractivity contribution is 0.193. The maximum Gasteiger partial charge on any atom is 0.212 e. The molecule has 3 aromatic carbocycles. The van der Waals surface area contributed by atoms with Crippen LogP contribution in [0.25, 0.3) is 0 Å².